The fraction of sp³-hybridized carbons (Fsp3) is 0.167. The number of rotatable bonds is 1. The van der Waals surface area contributed by atoms with Gasteiger partial charge < -0.3 is 10.2 Å². The summed E-state index contributed by atoms with van der Waals surface area (Å²) in [6.45, 7) is -0.212. The van der Waals surface area contributed by atoms with Crippen LogP contribution in [-0.4, -0.2) is 16.8 Å². The Morgan fingerprint density at radius 1 is 1.14 bits per heavy atom. The first-order chi connectivity index (χ1) is 6.84. The molecule has 0 amide bonds. The molecule has 70 valence electrons. The average molecular weight is 186 g/mol. The lowest BCUT2D eigenvalue weighted by Gasteiger charge is -2.00. The first-order valence-electron chi connectivity index (χ1n) is 4.17. The van der Waals surface area contributed by atoms with Crippen LogP contribution >= 0.6 is 0 Å². The van der Waals surface area contributed by atoms with E-state index in [1.54, 1.807) is 12.1 Å². The van der Waals surface area contributed by atoms with E-state index in [4.69, 9.17) is 5.11 Å². The third kappa shape index (κ3) is 3.33. The standard InChI is InChI=1S/C12H10O2/c13-10-6-2-5-9-12(14)11-7-3-1-4-8-11/h1,3-4,7-8,12-14H,10H2/t12-/m0/s1. The summed E-state index contributed by atoms with van der Waals surface area (Å²) >= 11 is 0. The smallest absolute Gasteiger partial charge is 0.141 e. The van der Waals surface area contributed by atoms with Crippen LogP contribution < -0.4 is 0 Å². The number of aliphatic hydroxyl groups excluding tert-OH is 2. The Labute approximate surface area is 83.2 Å². The number of hydrogen-bond donors (Lipinski definition) is 2. The van der Waals surface area contributed by atoms with Crippen molar-refractivity contribution in [2.24, 2.45) is 0 Å². The molecule has 0 spiro atoms. The van der Waals surface area contributed by atoms with Gasteiger partial charge in [-0.05, 0) is 17.4 Å². The van der Waals surface area contributed by atoms with Gasteiger partial charge in [0.2, 0.25) is 0 Å². The summed E-state index contributed by atoms with van der Waals surface area (Å²) in [5.41, 5.74) is 0.741. The van der Waals surface area contributed by atoms with Crippen molar-refractivity contribution in [3.05, 3.63) is 35.9 Å². The summed E-state index contributed by atoms with van der Waals surface area (Å²) in [6.07, 6.45) is -0.816. The molecule has 0 heterocycles. The average Bonchev–Trinajstić information content (AvgIpc) is 2.25. The second-order valence-electron chi connectivity index (χ2n) is 2.54. The third-order valence-electron chi connectivity index (χ3n) is 1.55. The molecule has 0 radical (unpaired) electrons. The van der Waals surface area contributed by atoms with Crippen molar-refractivity contribution in [2.45, 2.75) is 6.10 Å². The topological polar surface area (TPSA) is 40.5 Å². The van der Waals surface area contributed by atoms with E-state index in [9.17, 15) is 5.11 Å². The van der Waals surface area contributed by atoms with Gasteiger partial charge in [-0.3, -0.25) is 0 Å². The molecule has 0 saturated carbocycles. The summed E-state index contributed by atoms with van der Waals surface area (Å²) in [4.78, 5) is 0. The molecule has 14 heavy (non-hydrogen) atoms. The maximum Gasteiger partial charge on any atom is 0.141 e. The van der Waals surface area contributed by atoms with Crippen molar-refractivity contribution in [3.8, 4) is 23.7 Å². The van der Waals surface area contributed by atoms with Crippen molar-refractivity contribution in [1.82, 2.24) is 0 Å². The highest BCUT2D eigenvalue weighted by Gasteiger charge is 1.99. The van der Waals surface area contributed by atoms with Gasteiger partial charge in [0.05, 0.1) is 0 Å². The predicted octanol–water partition coefficient (Wildman–Crippen LogP) is 0.719. The number of aliphatic hydroxyl groups is 2. The Hall–Kier alpha value is -1.74. The molecule has 2 heteroatoms. The Morgan fingerprint density at radius 2 is 1.86 bits per heavy atom. The van der Waals surface area contributed by atoms with E-state index >= 15 is 0 Å². The maximum absolute atomic E-state index is 9.52. The quantitative estimate of drug-likeness (QED) is 0.634. The lowest BCUT2D eigenvalue weighted by atomic mass is 10.1. The molecule has 1 rings (SSSR count). The lowest BCUT2D eigenvalue weighted by molar-refractivity contribution is 0.238. The van der Waals surface area contributed by atoms with Crippen LogP contribution in [0.25, 0.3) is 0 Å². The highest BCUT2D eigenvalue weighted by Crippen LogP contribution is 2.09. The summed E-state index contributed by atoms with van der Waals surface area (Å²) in [7, 11) is 0. The Balaban J connectivity index is 2.66. The van der Waals surface area contributed by atoms with Gasteiger partial charge in [-0.1, -0.05) is 42.2 Å². The molecule has 0 aromatic heterocycles. The molecule has 1 aromatic carbocycles. The van der Waals surface area contributed by atoms with Crippen molar-refractivity contribution >= 4 is 0 Å². The van der Waals surface area contributed by atoms with Crippen LogP contribution in [0.1, 0.15) is 11.7 Å². The molecule has 0 aliphatic carbocycles. The Bertz CT molecular complexity index is 387. The number of hydrogen-bond acceptors (Lipinski definition) is 2. The van der Waals surface area contributed by atoms with E-state index in [-0.39, 0.29) is 6.61 Å². The van der Waals surface area contributed by atoms with Crippen LogP contribution in [0.5, 0.6) is 0 Å². The van der Waals surface area contributed by atoms with E-state index in [0.29, 0.717) is 0 Å². The molecular weight excluding hydrogens is 176 g/mol. The molecule has 2 N–H and O–H groups in total. The van der Waals surface area contributed by atoms with E-state index in [1.807, 2.05) is 18.2 Å². The zero-order chi connectivity index (χ0) is 10.2. The minimum atomic E-state index is -0.816. The molecule has 2 nitrogen and oxygen atoms in total. The normalized spacial score (nSPS) is 10.4. The fourth-order valence-electron chi connectivity index (χ4n) is 0.907. The van der Waals surface area contributed by atoms with Crippen LogP contribution in [0, 0.1) is 23.7 Å². The largest absolute Gasteiger partial charge is 0.384 e. The Morgan fingerprint density at radius 3 is 2.50 bits per heavy atom. The molecule has 0 bridgehead atoms. The van der Waals surface area contributed by atoms with Gasteiger partial charge >= 0.3 is 0 Å². The minimum absolute atomic E-state index is 0.212. The number of benzene rings is 1. The zero-order valence-electron chi connectivity index (χ0n) is 7.57. The first-order valence-corrected chi connectivity index (χ1v) is 4.17. The van der Waals surface area contributed by atoms with Crippen molar-refractivity contribution in [3.63, 3.8) is 0 Å². The van der Waals surface area contributed by atoms with Gasteiger partial charge in [0, 0.05) is 0 Å². The molecule has 0 aliphatic rings. The Kier molecular flexibility index (Phi) is 4.31. The summed E-state index contributed by atoms with van der Waals surface area (Å²) in [6, 6.07) is 9.12. The van der Waals surface area contributed by atoms with Gasteiger partial charge in [-0.2, -0.15) is 0 Å². The molecule has 0 saturated heterocycles. The molecule has 0 fully saturated rings. The van der Waals surface area contributed by atoms with Crippen LogP contribution in [0.3, 0.4) is 0 Å². The minimum Gasteiger partial charge on any atom is -0.384 e. The van der Waals surface area contributed by atoms with Crippen LogP contribution in [-0.2, 0) is 0 Å². The molecule has 0 aliphatic heterocycles. The highest BCUT2D eigenvalue weighted by molar-refractivity contribution is 5.31. The van der Waals surface area contributed by atoms with Crippen molar-refractivity contribution in [1.29, 1.82) is 0 Å². The van der Waals surface area contributed by atoms with E-state index in [1.165, 1.54) is 0 Å². The van der Waals surface area contributed by atoms with Crippen LogP contribution in [0.4, 0.5) is 0 Å². The third-order valence-corrected chi connectivity index (χ3v) is 1.55. The van der Waals surface area contributed by atoms with E-state index in [0.717, 1.165) is 5.56 Å². The van der Waals surface area contributed by atoms with Gasteiger partial charge in [0.1, 0.15) is 12.7 Å². The van der Waals surface area contributed by atoms with Gasteiger partial charge in [0.15, 0.2) is 0 Å². The van der Waals surface area contributed by atoms with Gasteiger partial charge in [-0.15, -0.1) is 0 Å². The second-order valence-corrected chi connectivity index (χ2v) is 2.54. The van der Waals surface area contributed by atoms with E-state index < -0.39 is 6.10 Å². The second kappa shape index (κ2) is 5.83. The maximum atomic E-state index is 9.52. The SMILES string of the molecule is OCC#CC#C[C@H](O)c1ccccc1. The molecule has 0 unspecified atom stereocenters. The van der Waals surface area contributed by atoms with E-state index in [2.05, 4.69) is 23.7 Å². The monoisotopic (exact) mass is 186 g/mol. The zero-order valence-corrected chi connectivity index (χ0v) is 7.57. The van der Waals surface area contributed by atoms with Crippen molar-refractivity contribution in [2.75, 3.05) is 6.61 Å². The summed E-state index contributed by atoms with van der Waals surface area (Å²) < 4.78 is 0. The van der Waals surface area contributed by atoms with Crippen LogP contribution in [0.15, 0.2) is 30.3 Å². The highest BCUT2D eigenvalue weighted by atomic mass is 16.3. The summed E-state index contributed by atoms with van der Waals surface area (Å²) in [5, 5.41) is 17.9. The lowest BCUT2D eigenvalue weighted by Crippen LogP contribution is -1.91. The first kappa shape index (κ1) is 10.3. The fourth-order valence-corrected chi connectivity index (χ4v) is 0.907. The summed E-state index contributed by atoms with van der Waals surface area (Å²) in [5.74, 6) is 9.81. The molecular formula is C12H10O2. The van der Waals surface area contributed by atoms with Gasteiger partial charge in [0.25, 0.3) is 0 Å². The van der Waals surface area contributed by atoms with Crippen molar-refractivity contribution < 1.29 is 10.2 Å². The molecule has 1 aromatic rings. The predicted molar refractivity (Wildman–Crippen MR) is 54.0 cm³/mol. The molecule has 1 atom stereocenters. The van der Waals surface area contributed by atoms with Crippen LogP contribution in [0.2, 0.25) is 0 Å². The van der Waals surface area contributed by atoms with Gasteiger partial charge in [-0.25, -0.2) is 0 Å².